The van der Waals surface area contributed by atoms with Crippen molar-refractivity contribution in [2.75, 3.05) is 24.4 Å². The van der Waals surface area contributed by atoms with E-state index >= 15 is 0 Å². The van der Waals surface area contributed by atoms with Crippen molar-refractivity contribution in [2.45, 2.75) is 103 Å². The number of hydrogen-bond acceptors (Lipinski definition) is 10. The van der Waals surface area contributed by atoms with E-state index in [0.717, 1.165) is 16.7 Å². The topological polar surface area (TPSA) is 170 Å². The van der Waals surface area contributed by atoms with Crippen LogP contribution in [0.2, 0.25) is 5.02 Å². The third-order valence-corrected chi connectivity index (χ3v) is 10.3. The molecule has 2 amide bonds. The van der Waals surface area contributed by atoms with Crippen LogP contribution in [0.3, 0.4) is 0 Å². The molecule has 4 bridgehead atoms. The van der Waals surface area contributed by atoms with Crippen molar-refractivity contribution in [3.05, 3.63) is 86.5 Å². The van der Waals surface area contributed by atoms with E-state index in [1.54, 1.807) is 26.1 Å². The van der Waals surface area contributed by atoms with E-state index < -0.39 is 64.4 Å². The number of nitro benzene ring substituents is 1. The number of amides is 2. The van der Waals surface area contributed by atoms with Gasteiger partial charge in [-0.1, -0.05) is 62.2 Å². The first-order valence-corrected chi connectivity index (χ1v) is 17.7. The highest BCUT2D eigenvalue weighted by Crippen LogP contribution is 2.49. The lowest BCUT2D eigenvalue weighted by Gasteiger charge is -2.41. The minimum absolute atomic E-state index is 0.0544. The number of allylic oxidation sites excluding steroid dienone is 3. The molecule has 5 rings (SSSR count). The van der Waals surface area contributed by atoms with Gasteiger partial charge in [-0.05, 0) is 56.5 Å². The molecule has 52 heavy (non-hydrogen) atoms. The molecule has 0 unspecified atom stereocenters. The molecule has 0 spiro atoms. The normalized spacial score (nSPS) is 30.7. The van der Waals surface area contributed by atoms with Gasteiger partial charge in [0.1, 0.15) is 29.5 Å². The summed E-state index contributed by atoms with van der Waals surface area (Å²) in [5.41, 5.74) is 0.459. The lowest BCUT2D eigenvalue weighted by molar-refractivity contribution is -0.384. The Labute approximate surface area is 309 Å². The molecular weight excluding hydrogens is 694 g/mol. The summed E-state index contributed by atoms with van der Waals surface area (Å²) in [6, 6.07) is 8.99. The average Bonchev–Trinajstić information content (AvgIpc) is 3.79. The molecule has 0 aliphatic carbocycles. The van der Waals surface area contributed by atoms with Crippen molar-refractivity contribution in [1.29, 1.82) is 0 Å². The van der Waals surface area contributed by atoms with E-state index in [1.165, 1.54) is 36.3 Å². The van der Waals surface area contributed by atoms with Gasteiger partial charge in [0.15, 0.2) is 0 Å². The second-order valence-corrected chi connectivity index (χ2v) is 13.9. The first kappa shape index (κ1) is 40.5. The van der Waals surface area contributed by atoms with Gasteiger partial charge in [0.25, 0.3) is 5.69 Å². The summed E-state index contributed by atoms with van der Waals surface area (Å²) >= 11 is 6.73. The highest BCUT2D eigenvalue weighted by Gasteiger charge is 2.64. The lowest BCUT2D eigenvalue weighted by Crippen LogP contribution is -2.53. The Kier molecular flexibility index (Phi) is 12.9. The molecule has 0 aromatic heterocycles. The molecule has 2 fully saturated rings. The zero-order valence-electron chi connectivity index (χ0n) is 30.8. The maximum atomic E-state index is 14.0. The number of aryl methyl sites for hydroxylation is 1. The number of halogens is 1. The minimum Gasteiger partial charge on any atom is -0.462 e. The second kappa shape index (κ2) is 16.6. The van der Waals surface area contributed by atoms with Gasteiger partial charge in [0, 0.05) is 44.3 Å². The second-order valence-electron chi connectivity index (χ2n) is 13.6. The van der Waals surface area contributed by atoms with Gasteiger partial charge in [-0.25, -0.2) is 4.79 Å². The molecule has 3 aliphatic heterocycles. The van der Waals surface area contributed by atoms with Crippen LogP contribution in [-0.2, 0) is 35.0 Å². The van der Waals surface area contributed by atoms with Gasteiger partial charge in [0.2, 0.25) is 5.91 Å². The number of benzene rings is 2. The van der Waals surface area contributed by atoms with Gasteiger partial charge < -0.3 is 29.0 Å². The number of anilines is 2. The van der Waals surface area contributed by atoms with E-state index in [0.29, 0.717) is 17.1 Å². The van der Waals surface area contributed by atoms with Gasteiger partial charge in [0.05, 0.1) is 34.6 Å². The van der Waals surface area contributed by atoms with Gasteiger partial charge >= 0.3 is 12.1 Å². The summed E-state index contributed by atoms with van der Waals surface area (Å²) in [7, 11) is 3.06. The smallest absolute Gasteiger partial charge is 0.412 e. The van der Waals surface area contributed by atoms with Crippen LogP contribution in [0.4, 0.5) is 21.9 Å². The van der Waals surface area contributed by atoms with E-state index in [4.69, 9.17) is 30.5 Å². The average molecular weight is 742 g/mol. The van der Waals surface area contributed by atoms with Crippen LogP contribution in [0, 0.1) is 23.0 Å². The minimum atomic E-state index is -1.57. The van der Waals surface area contributed by atoms with Crippen molar-refractivity contribution in [3.8, 4) is 0 Å². The zero-order chi connectivity index (χ0) is 38.5. The molecule has 2 aromatic carbocycles. The molecule has 2 aromatic rings. The van der Waals surface area contributed by atoms with Crippen LogP contribution in [0.1, 0.15) is 65.0 Å². The summed E-state index contributed by atoms with van der Waals surface area (Å²) in [4.78, 5) is 52.0. The number of nitro groups is 1. The molecule has 13 nitrogen and oxygen atoms in total. The number of rotatable bonds is 4. The molecule has 282 valence electrons. The fourth-order valence-electron chi connectivity index (χ4n) is 6.84. The van der Waals surface area contributed by atoms with Crippen LogP contribution in [0.25, 0.3) is 0 Å². The Bertz CT molecular complexity index is 1730. The van der Waals surface area contributed by atoms with E-state index in [-0.39, 0.29) is 30.6 Å². The van der Waals surface area contributed by atoms with Crippen LogP contribution in [0.5, 0.6) is 0 Å². The molecule has 0 saturated carbocycles. The number of esters is 1. The van der Waals surface area contributed by atoms with Crippen LogP contribution >= 0.6 is 11.6 Å². The molecule has 2 N–H and O–H groups in total. The van der Waals surface area contributed by atoms with Gasteiger partial charge in [-0.3, -0.25) is 25.0 Å². The number of ether oxygens (including phenoxy) is 4. The molecule has 0 radical (unpaired) electrons. The molecule has 2 saturated heterocycles. The van der Waals surface area contributed by atoms with E-state index in [9.17, 15) is 29.6 Å². The fraction of sp³-hybridized carbons (Fsp3) is 0.500. The number of nitrogens with one attached hydrogen (secondary N) is 1. The van der Waals surface area contributed by atoms with E-state index in [1.807, 2.05) is 52.8 Å². The summed E-state index contributed by atoms with van der Waals surface area (Å²) in [6.45, 7) is 11.3. The van der Waals surface area contributed by atoms with Crippen LogP contribution in [0.15, 0.2) is 60.2 Å². The summed E-state index contributed by atoms with van der Waals surface area (Å²) in [5.74, 6) is -1.49. The van der Waals surface area contributed by atoms with Crippen molar-refractivity contribution in [2.24, 2.45) is 5.92 Å². The fourth-order valence-corrected chi connectivity index (χ4v) is 7.07. The van der Waals surface area contributed by atoms with Crippen molar-refractivity contribution < 1.29 is 43.4 Å². The summed E-state index contributed by atoms with van der Waals surface area (Å²) < 4.78 is 23.5. The monoisotopic (exact) mass is 741 g/mol. The number of carbonyl (C=O) groups excluding carboxylic acids is 3. The highest BCUT2D eigenvalue weighted by molar-refractivity contribution is 6.34. The standard InChI is InChI=1S/C36H42ClN3O10.C2H6/c1-20-8-7-9-28(47-6)36(44)18-27(48-31(42)19-36)22(3)33-35(4,50-33)29(49-34(43)38-24-10-12-25(13-11-24)40(45)46)17-30(41)39(5)26-16-23(14-20)15-21(2)32(26)37;1-2/h7-13,15-16,22,27-29,33,44H,14,17-19H2,1-6H3,(H,38,43);1-2H3/b9-7+,20-8+;/t22-,27+,28-,29+,33+,35+,36-;/m1./s1. The Morgan fingerprint density at radius 2 is 1.85 bits per heavy atom. The largest absolute Gasteiger partial charge is 0.462 e. The van der Waals surface area contributed by atoms with Crippen molar-refractivity contribution in [3.63, 3.8) is 0 Å². The number of carbonyl (C=O) groups is 3. The van der Waals surface area contributed by atoms with Crippen molar-refractivity contribution >= 4 is 46.6 Å². The SMILES string of the molecule is CC.CO[C@@H]1/C=C/C=C(\C)Cc2cc(C)c(Cl)c(c2)N(C)C(=O)C[C@H](OC(=O)Nc2ccc([N+](=O)[O-])cc2)[C@]2(C)O[C@H]2[C@H](C)[C@@H]2C[C@@]1(O)CC(=O)O2. The maximum Gasteiger partial charge on any atom is 0.412 e. The molecule has 7 atom stereocenters. The molecular formula is C38H48ClN3O10. The summed E-state index contributed by atoms with van der Waals surface area (Å²) in [6.07, 6.45) is 1.13. The third-order valence-electron chi connectivity index (χ3n) is 9.78. The van der Waals surface area contributed by atoms with Crippen LogP contribution < -0.4 is 10.2 Å². The predicted octanol–water partition coefficient (Wildman–Crippen LogP) is 6.86. The first-order chi connectivity index (χ1) is 24.5. The number of non-ortho nitro benzene ring substituents is 1. The molecule has 3 heterocycles. The van der Waals surface area contributed by atoms with E-state index in [2.05, 4.69) is 5.32 Å². The highest BCUT2D eigenvalue weighted by atomic mass is 35.5. The third kappa shape index (κ3) is 9.00. The quantitative estimate of drug-likeness (QED) is 0.146. The first-order valence-electron chi connectivity index (χ1n) is 17.3. The summed E-state index contributed by atoms with van der Waals surface area (Å²) in [5, 5.41) is 25.8. The number of methoxy groups -OCH3 is 1. The molecule has 14 heteroatoms. The number of fused-ring (bicyclic) bond motifs is 5. The maximum absolute atomic E-state index is 14.0. The Balaban J connectivity index is 0.00000297. The predicted molar refractivity (Wildman–Crippen MR) is 196 cm³/mol. The molecule has 3 aliphatic rings. The number of epoxide rings is 1. The van der Waals surface area contributed by atoms with Gasteiger partial charge in [-0.15, -0.1) is 0 Å². The Hall–Kier alpha value is -4.30. The zero-order valence-corrected chi connectivity index (χ0v) is 31.6. The number of hydrogen-bond donors (Lipinski definition) is 2. The number of nitrogens with zero attached hydrogens (tertiary/aromatic N) is 2. The number of aliphatic hydroxyl groups is 1. The Morgan fingerprint density at radius 3 is 2.48 bits per heavy atom. The Morgan fingerprint density at radius 1 is 1.17 bits per heavy atom. The van der Waals surface area contributed by atoms with Gasteiger partial charge in [-0.2, -0.15) is 0 Å². The van der Waals surface area contributed by atoms with Crippen LogP contribution in [-0.4, -0.2) is 77.8 Å². The van der Waals surface area contributed by atoms with Crippen molar-refractivity contribution in [1.82, 2.24) is 0 Å². The lowest BCUT2D eigenvalue weighted by atomic mass is 9.78.